The molecule has 2 rings (SSSR count). The second-order valence-corrected chi connectivity index (χ2v) is 7.78. The highest BCUT2D eigenvalue weighted by molar-refractivity contribution is 7.94. The number of sulfonamides is 1. The third-order valence-corrected chi connectivity index (χ3v) is 5.95. The molecule has 0 aliphatic heterocycles. The van der Waals surface area contributed by atoms with Gasteiger partial charge < -0.3 is 5.73 Å². The maximum atomic E-state index is 12.2. The van der Waals surface area contributed by atoms with Crippen LogP contribution in [-0.2, 0) is 10.0 Å². The van der Waals surface area contributed by atoms with Gasteiger partial charge in [-0.1, -0.05) is 17.7 Å². The van der Waals surface area contributed by atoms with E-state index in [1.54, 1.807) is 25.1 Å². The first kappa shape index (κ1) is 14.2. The average molecular weight is 317 g/mol. The number of halogens is 1. The van der Waals surface area contributed by atoms with E-state index in [1.165, 1.54) is 0 Å². The minimum atomic E-state index is -3.65. The standard InChI is InChI=1S/C12H13ClN2O2S2/c1-7-3-4-9(14)10(5-7)15-19(16,17)11-6-8(2)12(13)18-11/h3-6,15H,14H2,1-2H3. The van der Waals surface area contributed by atoms with Gasteiger partial charge in [0.2, 0.25) is 0 Å². The van der Waals surface area contributed by atoms with Crippen LogP contribution in [0.1, 0.15) is 11.1 Å². The predicted molar refractivity (Wildman–Crippen MR) is 80.5 cm³/mol. The summed E-state index contributed by atoms with van der Waals surface area (Å²) in [5.41, 5.74) is 8.18. The number of anilines is 2. The molecule has 1 aromatic carbocycles. The van der Waals surface area contributed by atoms with Gasteiger partial charge in [-0.3, -0.25) is 4.72 Å². The van der Waals surface area contributed by atoms with E-state index in [0.29, 0.717) is 15.7 Å². The molecule has 1 aromatic heterocycles. The van der Waals surface area contributed by atoms with Gasteiger partial charge in [0.15, 0.2) is 0 Å². The van der Waals surface area contributed by atoms with Crippen LogP contribution in [0.2, 0.25) is 4.34 Å². The fraction of sp³-hybridized carbons (Fsp3) is 0.167. The number of rotatable bonds is 3. The van der Waals surface area contributed by atoms with Crippen molar-refractivity contribution >= 4 is 44.3 Å². The molecule has 0 spiro atoms. The Labute approximate surface area is 121 Å². The van der Waals surface area contributed by atoms with Crippen LogP contribution in [0.5, 0.6) is 0 Å². The molecule has 0 bridgehead atoms. The van der Waals surface area contributed by atoms with Crippen molar-refractivity contribution in [3.05, 3.63) is 39.7 Å². The van der Waals surface area contributed by atoms with Crippen LogP contribution in [0.4, 0.5) is 11.4 Å². The highest BCUT2D eigenvalue weighted by atomic mass is 35.5. The van der Waals surface area contributed by atoms with Crippen molar-refractivity contribution < 1.29 is 8.42 Å². The molecule has 0 atom stereocenters. The van der Waals surface area contributed by atoms with Crippen molar-refractivity contribution in [3.8, 4) is 0 Å². The summed E-state index contributed by atoms with van der Waals surface area (Å²) in [5, 5.41) is 0. The number of hydrogen-bond acceptors (Lipinski definition) is 4. The van der Waals surface area contributed by atoms with Gasteiger partial charge in [-0.05, 0) is 43.2 Å². The Hall–Kier alpha value is -1.24. The quantitative estimate of drug-likeness (QED) is 0.852. The lowest BCUT2D eigenvalue weighted by atomic mass is 10.2. The summed E-state index contributed by atoms with van der Waals surface area (Å²) >= 11 is 6.92. The molecule has 1 heterocycles. The van der Waals surface area contributed by atoms with Gasteiger partial charge in [0.1, 0.15) is 4.21 Å². The molecule has 0 saturated heterocycles. The molecule has 0 aliphatic carbocycles. The summed E-state index contributed by atoms with van der Waals surface area (Å²) in [6, 6.07) is 6.72. The van der Waals surface area contributed by atoms with E-state index in [0.717, 1.165) is 22.5 Å². The normalized spacial score (nSPS) is 11.5. The first-order valence-corrected chi connectivity index (χ1v) is 8.12. The van der Waals surface area contributed by atoms with Crippen molar-refractivity contribution in [2.24, 2.45) is 0 Å². The van der Waals surface area contributed by atoms with Crippen LogP contribution in [-0.4, -0.2) is 8.42 Å². The van der Waals surface area contributed by atoms with Gasteiger partial charge in [-0.15, -0.1) is 11.3 Å². The molecule has 0 unspecified atom stereocenters. The topological polar surface area (TPSA) is 72.2 Å². The summed E-state index contributed by atoms with van der Waals surface area (Å²) in [6.07, 6.45) is 0. The van der Waals surface area contributed by atoms with E-state index in [4.69, 9.17) is 17.3 Å². The first-order chi connectivity index (χ1) is 8.79. The fourth-order valence-corrected chi connectivity index (χ4v) is 4.30. The SMILES string of the molecule is Cc1ccc(N)c(NS(=O)(=O)c2cc(C)c(Cl)s2)c1. The molecule has 0 fully saturated rings. The Balaban J connectivity index is 2.39. The van der Waals surface area contributed by atoms with Gasteiger partial charge in [0, 0.05) is 0 Å². The van der Waals surface area contributed by atoms with Crippen molar-refractivity contribution in [2.45, 2.75) is 18.1 Å². The lowest BCUT2D eigenvalue weighted by Gasteiger charge is -2.09. The number of nitrogens with two attached hydrogens (primary N) is 1. The molecule has 0 amide bonds. The summed E-state index contributed by atoms with van der Waals surface area (Å²) in [5.74, 6) is 0. The third-order valence-electron chi connectivity index (χ3n) is 2.55. The highest BCUT2D eigenvalue weighted by Gasteiger charge is 2.19. The van der Waals surface area contributed by atoms with Crippen LogP contribution in [0.3, 0.4) is 0 Å². The maximum absolute atomic E-state index is 12.2. The second kappa shape index (κ2) is 5.03. The number of thiophene rings is 1. The average Bonchev–Trinajstić information content (AvgIpc) is 2.65. The number of hydrogen-bond donors (Lipinski definition) is 2. The van der Waals surface area contributed by atoms with Gasteiger partial charge in [0.25, 0.3) is 10.0 Å². The zero-order chi connectivity index (χ0) is 14.2. The lowest BCUT2D eigenvalue weighted by Crippen LogP contribution is -2.13. The number of nitrogens with one attached hydrogen (secondary N) is 1. The van der Waals surface area contributed by atoms with E-state index in [2.05, 4.69) is 4.72 Å². The van der Waals surface area contributed by atoms with Gasteiger partial charge in [0.05, 0.1) is 15.7 Å². The number of benzene rings is 1. The van der Waals surface area contributed by atoms with Crippen LogP contribution in [0.25, 0.3) is 0 Å². The van der Waals surface area contributed by atoms with Crippen LogP contribution in [0.15, 0.2) is 28.5 Å². The monoisotopic (exact) mass is 316 g/mol. The number of nitrogen functional groups attached to an aromatic ring is 1. The smallest absolute Gasteiger partial charge is 0.271 e. The van der Waals surface area contributed by atoms with Crippen LogP contribution < -0.4 is 10.5 Å². The zero-order valence-electron chi connectivity index (χ0n) is 10.4. The van der Waals surface area contributed by atoms with Gasteiger partial charge in [-0.25, -0.2) is 8.42 Å². The Bertz CT molecular complexity index is 704. The Morgan fingerprint density at radius 1 is 1.26 bits per heavy atom. The molecule has 19 heavy (non-hydrogen) atoms. The van der Waals surface area contributed by atoms with Gasteiger partial charge >= 0.3 is 0 Å². The summed E-state index contributed by atoms with van der Waals surface area (Å²) < 4.78 is 27.6. The molecule has 0 radical (unpaired) electrons. The van der Waals surface area contributed by atoms with Crippen molar-refractivity contribution in [2.75, 3.05) is 10.5 Å². The first-order valence-electron chi connectivity index (χ1n) is 5.44. The zero-order valence-corrected chi connectivity index (χ0v) is 12.8. The van der Waals surface area contributed by atoms with Crippen molar-refractivity contribution in [3.63, 3.8) is 0 Å². The van der Waals surface area contributed by atoms with E-state index < -0.39 is 10.0 Å². The van der Waals surface area contributed by atoms with Crippen molar-refractivity contribution in [1.29, 1.82) is 0 Å². The summed E-state index contributed by atoms with van der Waals surface area (Å²) in [6.45, 7) is 3.63. The molecule has 7 heteroatoms. The summed E-state index contributed by atoms with van der Waals surface area (Å²) in [7, 11) is -3.65. The van der Waals surface area contributed by atoms with E-state index in [-0.39, 0.29) is 4.21 Å². The lowest BCUT2D eigenvalue weighted by molar-refractivity contribution is 0.603. The van der Waals surface area contributed by atoms with Crippen molar-refractivity contribution in [1.82, 2.24) is 0 Å². The van der Waals surface area contributed by atoms with Crippen LogP contribution in [0, 0.1) is 13.8 Å². The minimum absolute atomic E-state index is 0.177. The Morgan fingerprint density at radius 2 is 1.95 bits per heavy atom. The molecule has 3 N–H and O–H groups in total. The second-order valence-electron chi connectivity index (χ2n) is 4.22. The largest absolute Gasteiger partial charge is 0.397 e. The third kappa shape index (κ3) is 3.02. The van der Waals surface area contributed by atoms with Gasteiger partial charge in [-0.2, -0.15) is 0 Å². The van der Waals surface area contributed by atoms with E-state index in [1.807, 2.05) is 13.0 Å². The Kier molecular flexibility index (Phi) is 3.75. The van der Waals surface area contributed by atoms with E-state index >= 15 is 0 Å². The summed E-state index contributed by atoms with van der Waals surface area (Å²) in [4.78, 5) is 0. The predicted octanol–water partition coefficient (Wildman–Crippen LogP) is 3.40. The highest BCUT2D eigenvalue weighted by Crippen LogP contribution is 2.32. The van der Waals surface area contributed by atoms with Crippen LogP contribution >= 0.6 is 22.9 Å². The molecule has 4 nitrogen and oxygen atoms in total. The fourth-order valence-electron chi connectivity index (χ4n) is 1.52. The molecule has 0 saturated carbocycles. The Morgan fingerprint density at radius 3 is 2.53 bits per heavy atom. The molecular formula is C12H13ClN2O2S2. The van der Waals surface area contributed by atoms with E-state index in [9.17, 15) is 8.42 Å². The molecule has 2 aromatic rings. The maximum Gasteiger partial charge on any atom is 0.271 e. The molecular weight excluding hydrogens is 304 g/mol. The molecule has 0 aliphatic rings. The molecule has 102 valence electrons. The minimum Gasteiger partial charge on any atom is -0.397 e. The number of aryl methyl sites for hydroxylation is 2.